The predicted octanol–water partition coefficient (Wildman–Crippen LogP) is 2.36. The van der Waals surface area contributed by atoms with Gasteiger partial charge in [0.05, 0.1) is 22.4 Å². The highest BCUT2D eigenvalue weighted by Crippen LogP contribution is 2.37. The smallest absolute Gasteiger partial charge is 0.250 e. The van der Waals surface area contributed by atoms with Crippen LogP contribution in [0.3, 0.4) is 0 Å². The fraction of sp³-hybridized carbons (Fsp3) is 0.211. The number of primary amides is 1. The highest BCUT2D eigenvalue weighted by atomic mass is 16.1. The standard InChI is InChI=1S/C19H19N3O3/c1-2-3-8-22-13-9-12(19(21)25)16(20)15-14(13)17(23)10-6-4-5-7-11(10)18(15)24/h4-7,9,22H,2-3,8,20H2,1H3,(H2,21,25). The number of hydrogen-bond donors (Lipinski definition) is 3. The molecule has 0 bridgehead atoms. The number of fused-ring (bicyclic) bond motifs is 2. The number of carbonyl (C=O) groups excluding carboxylic acids is 3. The molecule has 0 radical (unpaired) electrons. The highest BCUT2D eigenvalue weighted by molar-refractivity contribution is 6.32. The van der Waals surface area contributed by atoms with Gasteiger partial charge in [-0.25, -0.2) is 0 Å². The molecule has 25 heavy (non-hydrogen) atoms. The maximum atomic E-state index is 13.0. The lowest BCUT2D eigenvalue weighted by Crippen LogP contribution is -2.26. The Bertz CT molecular complexity index is 903. The van der Waals surface area contributed by atoms with E-state index in [0.717, 1.165) is 12.8 Å². The number of hydrogen-bond acceptors (Lipinski definition) is 5. The van der Waals surface area contributed by atoms with Crippen molar-refractivity contribution >= 4 is 28.8 Å². The first-order valence-corrected chi connectivity index (χ1v) is 8.16. The Morgan fingerprint density at radius 2 is 1.68 bits per heavy atom. The summed E-state index contributed by atoms with van der Waals surface area (Å²) in [5.41, 5.74) is 12.7. The van der Waals surface area contributed by atoms with Crippen LogP contribution in [0.5, 0.6) is 0 Å². The second-order valence-corrected chi connectivity index (χ2v) is 5.98. The number of nitrogens with one attached hydrogen (secondary N) is 1. The second kappa shape index (κ2) is 6.39. The van der Waals surface area contributed by atoms with Gasteiger partial charge in [-0.05, 0) is 12.5 Å². The van der Waals surface area contributed by atoms with Gasteiger partial charge in [-0.15, -0.1) is 0 Å². The lowest BCUT2D eigenvalue weighted by molar-refractivity contribution is 0.0978. The van der Waals surface area contributed by atoms with Crippen molar-refractivity contribution in [2.24, 2.45) is 5.73 Å². The van der Waals surface area contributed by atoms with E-state index in [1.54, 1.807) is 24.3 Å². The van der Waals surface area contributed by atoms with Gasteiger partial charge in [-0.1, -0.05) is 37.6 Å². The van der Waals surface area contributed by atoms with E-state index in [2.05, 4.69) is 5.32 Å². The molecule has 2 aromatic rings. The molecule has 5 N–H and O–H groups in total. The third kappa shape index (κ3) is 2.65. The predicted molar refractivity (Wildman–Crippen MR) is 96.1 cm³/mol. The fourth-order valence-electron chi connectivity index (χ4n) is 3.06. The minimum absolute atomic E-state index is 0.0401. The van der Waals surface area contributed by atoms with Crippen molar-refractivity contribution in [3.05, 3.63) is 58.1 Å². The van der Waals surface area contributed by atoms with E-state index < -0.39 is 5.91 Å². The Morgan fingerprint density at radius 3 is 2.24 bits per heavy atom. The third-order valence-electron chi connectivity index (χ3n) is 4.35. The molecule has 1 amide bonds. The molecule has 6 nitrogen and oxygen atoms in total. The number of benzene rings is 2. The highest BCUT2D eigenvalue weighted by Gasteiger charge is 2.35. The summed E-state index contributed by atoms with van der Waals surface area (Å²) >= 11 is 0. The number of unbranched alkanes of at least 4 members (excludes halogenated alkanes) is 1. The van der Waals surface area contributed by atoms with E-state index in [1.165, 1.54) is 6.07 Å². The van der Waals surface area contributed by atoms with E-state index in [-0.39, 0.29) is 39.5 Å². The van der Waals surface area contributed by atoms with Crippen LogP contribution >= 0.6 is 0 Å². The maximum absolute atomic E-state index is 13.0. The number of nitrogen functional groups attached to an aromatic ring is 1. The lowest BCUT2D eigenvalue weighted by atomic mass is 9.81. The van der Waals surface area contributed by atoms with Crippen molar-refractivity contribution < 1.29 is 14.4 Å². The number of rotatable bonds is 5. The maximum Gasteiger partial charge on any atom is 0.250 e. The van der Waals surface area contributed by atoms with Crippen LogP contribution < -0.4 is 16.8 Å². The summed E-state index contributed by atoms with van der Waals surface area (Å²) < 4.78 is 0. The first-order valence-electron chi connectivity index (χ1n) is 8.16. The van der Waals surface area contributed by atoms with Gasteiger partial charge in [-0.3, -0.25) is 14.4 Å². The van der Waals surface area contributed by atoms with Crippen LogP contribution in [-0.4, -0.2) is 24.0 Å². The van der Waals surface area contributed by atoms with E-state index >= 15 is 0 Å². The van der Waals surface area contributed by atoms with E-state index in [9.17, 15) is 14.4 Å². The van der Waals surface area contributed by atoms with Crippen molar-refractivity contribution in [2.75, 3.05) is 17.6 Å². The van der Waals surface area contributed by atoms with Crippen LogP contribution in [0.4, 0.5) is 11.4 Å². The topological polar surface area (TPSA) is 115 Å². The minimum Gasteiger partial charge on any atom is -0.397 e. The Balaban J connectivity index is 2.26. The molecule has 3 rings (SSSR count). The summed E-state index contributed by atoms with van der Waals surface area (Å²) in [5, 5.41) is 3.14. The fourth-order valence-corrected chi connectivity index (χ4v) is 3.06. The molecule has 0 unspecified atom stereocenters. The van der Waals surface area contributed by atoms with Crippen LogP contribution in [0.2, 0.25) is 0 Å². The zero-order chi connectivity index (χ0) is 18.1. The van der Waals surface area contributed by atoms with E-state index in [4.69, 9.17) is 11.5 Å². The van der Waals surface area contributed by atoms with Gasteiger partial charge in [-0.2, -0.15) is 0 Å². The Kier molecular flexibility index (Phi) is 4.27. The summed E-state index contributed by atoms with van der Waals surface area (Å²) in [6.45, 7) is 2.65. The largest absolute Gasteiger partial charge is 0.397 e. The molecule has 0 heterocycles. The molecule has 0 fully saturated rings. The van der Waals surface area contributed by atoms with Gasteiger partial charge in [0.25, 0.3) is 5.91 Å². The van der Waals surface area contributed by atoms with Gasteiger partial charge >= 0.3 is 0 Å². The molecular weight excluding hydrogens is 318 g/mol. The van der Waals surface area contributed by atoms with Gasteiger partial charge in [0.15, 0.2) is 11.6 Å². The first-order chi connectivity index (χ1) is 12.0. The quantitative estimate of drug-likeness (QED) is 0.488. The summed E-state index contributed by atoms with van der Waals surface area (Å²) in [6, 6.07) is 8.06. The first kappa shape index (κ1) is 16.7. The number of nitrogens with two attached hydrogens (primary N) is 2. The van der Waals surface area contributed by atoms with E-state index in [1.807, 2.05) is 6.92 Å². The van der Waals surface area contributed by atoms with Crippen LogP contribution in [0.15, 0.2) is 30.3 Å². The number of ketones is 2. The second-order valence-electron chi connectivity index (χ2n) is 5.98. The SMILES string of the molecule is CCCCNc1cc(C(N)=O)c(N)c2c1C(=O)c1ccccc1C2=O. The molecule has 1 aliphatic carbocycles. The Labute approximate surface area is 145 Å². The van der Waals surface area contributed by atoms with Crippen LogP contribution in [0.1, 0.15) is 62.0 Å². The lowest BCUT2D eigenvalue weighted by Gasteiger charge is -2.23. The van der Waals surface area contributed by atoms with Crippen molar-refractivity contribution in [3.63, 3.8) is 0 Å². The number of anilines is 2. The van der Waals surface area contributed by atoms with Crippen molar-refractivity contribution in [1.29, 1.82) is 0 Å². The van der Waals surface area contributed by atoms with Crippen molar-refractivity contribution in [1.82, 2.24) is 0 Å². The van der Waals surface area contributed by atoms with Gasteiger partial charge in [0, 0.05) is 23.4 Å². The van der Waals surface area contributed by atoms with Crippen molar-refractivity contribution in [3.8, 4) is 0 Å². The minimum atomic E-state index is -0.738. The van der Waals surface area contributed by atoms with Crippen LogP contribution in [0.25, 0.3) is 0 Å². The molecule has 0 aromatic heterocycles. The van der Waals surface area contributed by atoms with Gasteiger partial charge in [0.2, 0.25) is 0 Å². The van der Waals surface area contributed by atoms with Gasteiger partial charge in [0.1, 0.15) is 0 Å². The zero-order valence-corrected chi connectivity index (χ0v) is 13.9. The average molecular weight is 337 g/mol. The average Bonchev–Trinajstić information content (AvgIpc) is 2.60. The molecule has 6 heteroatoms. The molecule has 0 spiro atoms. The molecule has 128 valence electrons. The van der Waals surface area contributed by atoms with Gasteiger partial charge < -0.3 is 16.8 Å². The molecule has 0 saturated carbocycles. The zero-order valence-electron chi connectivity index (χ0n) is 13.9. The molecule has 2 aromatic carbocycles. The van der Waals surface area contributed by atoms with E-state index in [0.29, 0.717) is 17.8 Å². The third-order valence-corrected chi connectivity index (χ3v) is 4.35. The number of amides is 1. The molecule has 0 atom stereocenters. The monoisotopic (exact) mass is 337 g/mol. The van der Waals surface area contributed by atoms with Crippen LogP contribution in [-0.2, 0) is 0 Å². The summed E-state index contributed by atoms with van der Waals surface area (Å²) in [5.74, 6) is -1.39. The molecule has 0 aliphatic heterocycles. The Hall–Kier alpha value is -3.15. The summed E-state index contributed by atoms with van der Waals surface area (Å²) in [7, 11) is 0. The molecule has 0 saturated heterocycles. The number of carbonyl (C=O) groups is 3. The summed E-state index contributed by atoms with van der Waals surface area (Å²) in [4.78, 5) is 37.6. The summed E-state index contributed by atoms with van der Waals surface area (Å²) in [6.07, 6.45) is 1.84. The molecular formula is C19H19N3O3. The van der Waals surface area contributed by atoms with Crippen molar-refractivity contribution in [2.45, 2.75) is 19.8 Å². The molecule has 1 aliphatic rings. The normalized spacial score (nSPS) is 12.5. The van der Waals surface area contributed by atoms with Crippen LogP contribution in [0, 0.1) is 0 Å². The Morgan fingerprint density at radius 1 is 1.08 bits per heavy atom.